The van der Waals surface area contributed by atoms with Crippen molar-refractivity contribution in [3.05, 3.63) is 30.3 Å². The van der Waals surface area contributed by atoms with E-state index in [1.807, 2.05) is 6.07 Å². The maximum absolute atomic E-state index is 12.0. The Hall–Kier alpha value is -1.96. The predicted molar refractivity (Wildman–Crippen MR) is 86.1 cm³/mol. The fraction of sp³-hybridized carbons (Fsp3) is 0.529. The molecule has 4 atom stereocenters. The highest BCUT2D eigenvalue weighted by atomic mass is 16.5. The Morgan fingerprint density at radius 1 is 1.08 bits per heavy atom. The van der Waals surface area contributed by atoms with E-state index in [9.17, 15) is 19.8 Å². The van der Waals surface area contributed by atoms with Gasteiger partial charge >= 0.3 is 0 Å². The van der Waals surface area contributed by atoms with Crippen LogP contribution in [0.5, 0.6) is 0 Å². The molecular formula is C17H22N2O5. The summed E-state index contributed by atoms with van der Waals surface area (Å²) in [4.78, 5) is 23.7. The molecule has 7 nitrogen and oxygen atoms in total. The number of nitrogens with one attached hydrogen (secondary N) is 2. The summed E-state index contributed by atoms with van der Waals surface area (Å²) in [7, 11) is 0. The predicted octanol–water partition coefficient (Wildman–Crippen LogP) is 0.0306. The van der Waals surface area contributed by atoms with Crippen molar-refractivity contribution in [1.29, 1.82) is 0 Å². The molecule has 130 valence electrons. The maximum atomic E-state index is 12.0. The Labute approximate surface area is 140 Å². The lowest BCUT2D eigenvalue weighted by molar-refractivity contribution is -0.124. The van der Waals surface area contributed by atoms with E-state index in [1.165, 1.54) is 0 Å². The van der Waals surface area contributed by atoms with Crippen LogP contribution in [0.15, 0.2) is 30.3 Å². The lowest BCUT2D eigenvalue weighted by Gasteiger charge is -2.15. The van der Waals surface area contributed by atoms with Crippen LogP contribution in [-0.4, -0.2) is 53.0 Å². The smallest absolute Gasteiger partial charge is 0.227 e. The molecule has 0 spiro atoms. The van der Waals surface area contributed by atoms with E-state index in [0.29, 0.717) is 5.69 Å². The molecule has 1 aliphatic heterocycles. The van der Waals surface area contributed by atoms with Crippen molar-refractivity contribution < 1.29 is 24.5 Å². The molecular weight excluding hydrogens is 312 g/mol. The van der Waals surface area contributed by atoms with Gasteiger partial charge in [0.05, 0.1) is 12.5 Å². The molecule has 0 radical (unpaired) electrons. The lowest BCUT2D eigenvalue weighted by Crippen LogP contribution is -2.40. The first kappa shape index (κ1) is 16.9. The summed E-state index contributed by atoms with van der Waals surface area (Å²) < 4.78 is 5.57. The van der Waals surface area contributed by atoms with Crippen LogP contribution in [0.4, 0.5) is 5.69 Å². The minimum atomic E-state index is -1.16. The third-order valence-corrected chi connectivity index (χ3v) is 4.33. The van der Waals surface area contributed by atoms with Gasteiger partial charge in [0, 0.05) is 18.2 Å². The maximum Gasteiger partial charge on any atom is 0.227 e. The Balaban J connectivity index is 1.48. The molecule has 24 heavy (non-hydrogen) atoms. The van der Waals surface area contributed by atoms with Gasteiger partial charge in [0.2, 0.25) is 11.8 Å². The van der Waals surface area contributed by atoms with Crippen molar-refractivity contribution in [3.8, 4) is 0 Å². The van der Waals surface area contributed by atoms with Crippen LogP contribution in [0.2, 0.25) is 0 Å². The highest BCUT2D eigenvalue weighted by molar-refractivity contribution is 5.91. The zero-order chi connectivity index (χ0) is 17.1. The van der Waals surface area contributed by atoms with Crippen LogP contribution >= 0.6 is 0 Å². The van der Waals surface area contributed by atoms with Crippen molar-refractivity contribution in [2.24, 2.45) is 5.92 Å². The van der Waals surface area contributed by atoms with Crippen LogP contribution in [-0.2, 0) is 14.3 Å². The van der Waals surface area contributed by atoms with Crippen molar-refractivity contribution in [3.63, 3.8) is 0 Å². The third kappa shape index (κ3) is 4.11. The van der Waals surface area contributed by atoms with Gasteiger partial charge in [0.1, 0.15) is 18.3 Å². The molecule has 1 saturated carbocycles. The number of anilines is 1. The third-order valence-electron chi connectivity index (χ3n) is 4.33. The molecule has 1 aromatic carbocycles. The first-order valence-electron chi connectivity index (χ1n) is 8.19. The summed E-state index contributed by atoms with van der Waals surface area (Å²) in [6.45, 7) is 0.129. The van der Waals surface area contributed by atoms with E-state index in [4.69, 9.17) is 4.74 Å². The van der Waals surface area contributed by atoms with E-state index >= 15 is 0 Å². The zero-order valence-electron chi connectivity index (χ0n) is 13.2. The first-order valence-corrected chi connectivity index (χ1v) is 8.19. The number of hydrogen-bond acceptors (Lipinski definition) is 5. The zero-order valence-corrected chi connectivity index (χ0v) is 13.2. The van der Waals surface area contributed by atoms with Gasteiger partial charge < -0.3 is 25.6 Å². The van der Waals surface area contributed by atoms with Crippen LogP contribution in [0.1, 0.15) is 19.3 Å². The Morgan fingerprint density at radius 3 is 2.42 bits per heavy atom. The van der Waals surface area contributed by atoms with Crippen LogP contribution in [0, 0.1) is 5.92 Å². The van der Waals surface area contributed by atoms with Gasteiger partial charge in [-0.05, 0) is 25.0 Å². The summed E-state index contributed by atoms with van der Waals surface area (Å²) in [6, 6.07) is 8.97. The van der Waals surface area contributed by atoms with Gasteiger partial charge in [0.25, 0.3) is 0 Å². The minimum Gasteiger partial charge on any atom is -0.388 e. The van der Waals surface area contributed by atoms with E-state index in [-0.39, 0.29) is 30.7 Å². The number of rotatable bonds is 6. The van der Waals surface area contributed by atoms with Gasteiger partial charge in [-0.3, -0.25) is 9.59 Å². The molecule has 2 aliphatic rings. The summed E-state index contributed by atoms with van der Waals surface area (Å²) in [5, 5.41) is 25.5. The Kier molecular flexibility index (Phi) is 5.13. The van der Waals surface area contributed by atoms with Gasteiger partial charge in [-0.1, -0.05) is 18.2 Å². The number of para-hydroxylation sites is 1. The fourth-order valence-corrected chi connectivity index (χ4v) is 2.77. The van der Waals surface area contributed by atoms with Crippen molar-refractivity contribution in [1.82, 2.24) is 5.32 Å². The monoisotopic (exact) mass is 334 g/mol. The van der Waals surface area contributed by atoms with Gasteiger partial charge in [-0.25, -0.2) is 0 Å². The number of ether oxygens (including phenoxy) is 1. The van der Waals surface area contributed by atoms with Crippen molar-refractivity contribution in [2.45, 2.75) is 43.7 Å². The second-order valence-corrected chi connectivity index (χ2v) is 6.33. The first-order chi connectivity index (χ1) is 11.5. The summed E-state index contributed by atoms with van der Waals surface area (Å²) in [5.41, 5.74) is 0.656. The molecule has 1 saturated heterocycles. The fourth-order valence-electron chi connectivity index (χ4n) is 2.77. The normalized spacial score (nSPS) is 29.2. The molecule has 2 amide bonds. The molecule has 2 fully saturated rings. The summed E-state index contributed by atoms with van der Waals surface area (Å²) in [5.74, 6) is -0.286. The van der Waals surface area contributed by atoms with Crippen molar-refractivity contribution in [2.75, 3.05) is 11.9 Å². The van der Waals surface area contributed by atoms with Crippen LogP contribution in [0.3, 0.4) is 0 Å². The average molecular weight is 334 g/mol. The summed E-state index contributed by atoms with van der Waals surface area (Å²) in [6.07, 6.45) is -2.08. The Morgan fingerprint density at radius 2 is 1.75 bits per heavy atom. The molecule has 1 aromatic rings. The molecule has 7 heteroatoms. The molecule has 1 heterocycles. The molecule has 4 unspecified atom stereocenters. The summed E-state index contributed by atoms with van der Waals surface area (Å²) >= 11 is 0. The number of aliphatic hydroxyl groups is 2. The van der Waals surface area contributed by atoms with E-state index < -0.39 is 24.4 Å². The molecule has 1 aliphatic carbocycles. The average Bonchev–Trinajstić information content (AvgIpc) is 3.38. The molecule has 4 N–H and O–H groups in total. The van der Waals surface area contributed by atoms with E-state index in [1.54, 1.807) is 24.3 Å². The molecule has 0 bridgehead atoms. The molecule has 0 aromatic heterocycles. The van der Waals surface area contributed by atoms with Crippen molar-refractivity contribution >= 4 is 17.5 Å². The highest BCUT2D eigenvalue weighted by Gasteiger charge is 2.43. The number of amides is 2. The Bertz CT molecular complexity index is 590. The van der Waals surface area contributed by atoms with Gasteiger partial charge in [-0.15, -0.1) is 0 Å². The SMILES string of the molecule is O=C(CC1OC(CNC(=O)C2CC2)C(O)C1O)Nc1ccccc1. The van der Waals surface area contributed by atoms with E-state index in [0.717, 1.165) is 12.8 Å². The van der Waals surface area contributed by atoms with E-state index in [2.05, 4.69) is 10.6 Å². The topological polar surface area (TPSA) is 108 Å². The van der Waals surface area contributed by atoms with Crippen LogP contribution in [0.25, 0.3) is 0 Å². The number of carbonyl (C=O) groups is 2. The highest BCUT2D eigenvalue weighted by Crippen LogP contribution is 2.29. The number of aliphatic hydroxyl groups excluding tert-OH is 2. The van der Waals surface area contributed by atoms with Crippen LogP contribution < -0.4 is 10.6 Å². The van der Waals surface area contributed by atoms with Gasteiger partial charge in [-0.2, -0.15) is 0 Å². The van der Waals surface area contributed by atoms with Gasteiger partial charge in [0.15, 0.2) is 0 Å². The molecule has 3 rings (SSSR count). The lowest BCUT2D eigenvalue weighted by atomic mass is 10.1. The quantitative estimate of drug-likeness (QED) is 0.587. The minimum absolute atomic E-state index is 0.0504. The number of benzene rings is 1. The largest absolute Gasteiger partial charge is 0.388 e. The standard InChI is InChI=1S/C17H22N2O5/c20-14(19-11-4-2-1-3-5-11)8-12-15(21)16(22)13(24-12)9-18-17(23)10-6-7-10/h1-5,10,12-13,15-16,21-22H,6-9H2,(H,18,23)(H,19,20). The number of carbonyl (C=O) groups excluding carboxylic acids is 2. The number of hydrogen-bond donors (Lipinski definition) is 4. The second-order valence-electron chi connectivity index (χ2n) is 6.33. The second kappa shape index (κ2) is 7.29.